The molecule has 0 aliphatic heterocycles. The van der Waals surface area contributed by atoms with Gasteiger partial charge in [0.2, 0.25) is 0 Å². The van der Waals surface area contributed by atoms with Crippen LogP contribution in [0.5, 0.6) is 0 Å². The average molecular weight is 269 g/mol. The summed E-state index contributed by atoms with van der Waals surface area (Å²) in [5.74, 6) is 2.74. The van der Waals surface area contributed by atoms with E-state index in [0.29, 0.717) is 12.3 Å². The van der Waals surface area contributed by atoms with E-state index in [4.69, 9.17) is 0 Å². The molecular weight excluding hydrogens is 249 g/mol. The first kappa shape index (κ1) is 12.4. The number of nitriles is 1. The highest BCUT2D eigenvalue weighted by atomic mass is 19.1. The minimum absolute atomic E-state index is 0.157. The molecule has 1 aromatic carbocycles. The van der Waals surface area contributed by atoms with Crippen LogP contribution < -0.4 is 0 Å². The van der Waals surface area contributed by atoms with Crippen molar-refractivity contribution in [1.29, 1.82) is 5.26 Å². The zero-order valence-electron chi connectivity index (χ0n) is 11.7. The molecule has 3 atom stereocenters. The first-order chi connectivity index (χ1) is 9.71. The van der Waals surface area contributed by atoms with Gasteiger partial charge in [0.15, 0.2) is 0 Å². The van der Waals surface area contributed by atoms with Crippen molar-refractivity contribution >= 4 is 0 Å². The third-order valence-corrected chi connectivity index (χ3v) is 6.25. The molecule has 0 saturated heterocycles. The summed E-state index contributed by atoms with van der Waals surface area (Å²) < 4.78 is 13.3. The first-order valence-corrected chi connectivity index (χ1v) is 7.84. The van der Waals surface area contributed by atoms with Crippen LogP contribution in [-0.2, 0) is 5.41 Å². The summed E-state index contributed by atoms with van der Waals surface area (Å²) in [4.78, 5) is 0. The van der Waals surface area contributed by atoms with E-state index in [9.17, 15) is 9.65 Å². The maximum Gasteiger partial charge on any atom is 0.123 e. The maximum atomic E-state index is 13.3. The van der Waals surface area contributed by atoms with Crippen molar-refractivity contribution in [1.82, 2.24) is 0 Å². The van der Waals surface area contributed by atoms with Crippen LogP contribution in [0.4, 0.5) is 4.39 Å². The first-order valence-electron chi connectivity index (χ1n) is 7.84. The van der Waals surface area contributed by atoms with E-state index < -0.39 is 0 Å². The Balaban J connectivity index is 1.79. The third kappa shape index (κ3) is 1.65. The van der Waals surface area contributed by atoms with Crippen LogP contribution in [0.3, 0.4) is 0 Å². The summed E-state index contributed by atoms with van der Waals surface area (Å²) in [6.45, 7) is 0. The Kier molecular flexibility index (Phi) is 2.67. The van der Waals surface area contributed by atoms with Crippen molar-refractivity contribution in [2.45, 2.75) is 43.9 Å². The molecule has 1 nitrogen and oxygen atoms in total. The Hall–Kier alpha value is -1.36. The van der Waals surface area contributed by atoms with Crippen LogP contribution in [0.1, 0.15) is 44.1 Å². The van der Waals surface area contributed by atoms with E-state index in [0.717, 1.165) is 17.8 Å². The second-order valence-corrected chi connectivity index (χ2v) is 7.24. The smallest absolute Gasteiger partial charge is 0.123 e. The lowest BCUT2D eigenvalue weighted by atomic mass is 9.43. The fourth-order valence-electron chi connectivity index (χ4n) is 5.84. The number of hydrogen-bond acceptors (Lipinski definition) is 1. The molecule has 0 aromatic heterocycles. The molecule has 2 heteroatoms. The molecule has 0 radical (unpaired) electrons. The highest BCUT2D eigenvalue weighted by molar-refractivity contribution is 5.31. The van der Waals surface area contributed by atoms with Crippen LogP contribution in [0.2, 0.25) is 0 Å². The van der Waals surface area contributed by atoms with Gasteiger partial charge in [-0.15, -0.1) is 0 Å². The molecule has 4 aliphatic rings. The average Bonchev–Trinajstić information content (AvgIpc) is 2.43. The molecule has 0 heterocycles. The Morgan fingerprint density at radius 2 is 1.75 bits per heavy atom. The lowest BCUT2D eigenvalue weighted by Crippen LogP contribution is -2.55. The summed E-state index contributed by atoms with van der Waals surface area (Å²) in [5.41, 5.74) is 1.45. The molecule has 0 N–H and O–H groups in total. The maximum absolute atomic E-state index is 13.3. The Morgan fingerprint density at radius 3 is 2.35 bits per heavy atom. The molecule has 20 heavy (non-hydrogen) atoms. The fraction of sp³-hybridized carbons (Fsp3) is 0.611. The third-order valence-electron chi connectivity index (χ3n) is 6.25. The van der Waals surface area contributed by atoms with E-state index in [-0.39, 0.29) is 11.2 Å². The SMILES string of the molecule is N#CCC1C2CC3CC(C2)CC1(c1ccc(F)cc1)C3. The van der Waals surface area contributed by atoms with Gasteiger partial charge in [0.1, 0.15) is 5.82 Å². The van der Waals surface area contributed by atoms with Crippen LogP contribution in [0.15, 0.2) is 24.3 Å². The van der Waals surface area contributed by atoms with Gasteiger partial charge in [-0.1, -0.05) is 12.1 Å². The van der Waals surface area contributed by atoms with Gasteiger partial charge in [-0.3, -0.25) is 0 Å². The minimum atomic E-state index is -0.157. The summed E-state index contributed by atoms with van der Waals surface area (Å²) in [6, 6.07) is 9.57. The molecule has 104 valence electrons. The highest BCUT2D eigenvalue weighted by Gasteiger charge is 2.57. The summed E-state index contributed by atoms with van der Waals surface area (Å²) in [6.07, 6.45) is 7.15. The summed E-state index contributed by atoms with van der Waals surface area (Å²) in [5, 5.41) is 9.25. The molecule has 4 aliphatic carbocycles. The van der Waals surface area contributed by atoms with Crippen molar-refractivity contribution in [3.05, 3.63) is 35.6 Å². The predicted octanol–water partition coefficient (Wildman–Crippen LogP) is 4.43. The number of rotatable bonds is 2. The van der Waals surface area contributed by atoms with Crippen molar-refractivity contribution in [2.24, 2.45) is 23.7 Å². The lowest BCUT2D eigenvalue weighted by molar-refractivity contribution is -0.0596. The normalized spacial score (nSPS) is 41.6. The molecule has 4 bridgehead atoms. The standard InChI is InChI=1S/C18H20FN/c19-16-3-1-15(2-4-16)18-10-12-7-13(11-18)9-14(8-12)17(18)5-6-20/h1-4,12-14,17H,5,7-11H2. The van der Waals surface area contributed by atoms with E-state index in [1.54, 1.807) is 12.1 Å². The molecule has 5 rings (SSSR count). The Morgan fingerprint density at radius 1 is 1.10 bits per heavy atom. The summed E-state index contributed by atoms with van der Waals surface area (Å²) >= 11 is 0. The molecular formula is C18H20FN. The Bertz CT molecular complexity index is 542. The van der Waals surface area contributed by atoms with Crippen molar-refractivity contribution in [3.8, 4) is 6.07 Å². The van der Waals surface area contributed by atoms with Gasteiger partial charge in [-0.05, 0) is 78.9 Å². The quantitative estimate of drug-likeness (QED) is 0.779. The number of halogens is 1. The largest absolute Gasteiger partial charge is 0.207 e. The van der Waals surface area contributed by atoms with E-state index in [1.807, 2.05) is 12.1 Å². The second-order valence-electron chi connectivity index (χ2n) is 7.24. The van der Waals surface area contributed by atoms with Gasteiger partial charge in [-0.2, -0.15) is 5.26 Å². The van der Waals surface area contributed by atoms with Crippen LogP contribution >= 0.6 is 0 Å². The van der Waals surface area contributed by atoms with Gasteiger partial charge < -0.3 is 0 Å². The zero-order valence-corrected chi connectivity index (χ0v) is 11.7. The number of nitrogens with zero attached hydrogens (tertiary/aromatic N) is 1. The van der Waals surface area contributed by atoms with E-state index in [2.05, 4.69) is 6.07 Å². The molecule has 4 fully saturated rings. The van der Waals surface area contributed by atoms with Crippen molar-refractivity contribution in [3.63, 3.8) is 0 Å². The zero-order chi connectivity index (χ0) is 13.7. The van der Waals surface area contributed by atoms with Crippen LogP contribution in [0.25, 0.3) is 0 Å². The van der Waals surface area contributed by atoms with Gasteiger partial charge in [-0.25, -0.2) is 4.39 Å². The second kappa shape index (κ2) is 4.32. The van der Waals surface area contributed by atoms with E-state index >= 15 is 0 Å². The van der Waals surface area contributed by atoms with Crippen LogP contribution in [0, 0.1) is 40.8 Å². The molecule has 4 saturated carbocycles. The Labute approximate surface area is 119 Å². The monoisotopic (exact) mass is 269 g/mol. The predicted molar refractivity (Wildman–Crippen MR) is 75.4 cm³/mol. The number of hydrogen-bond donors (Lipinski definition) is 0. The lowest BCUT2D eigenvalue weighted by Gasteiger charge is -2.61. The van der Waals surface area contributed by atoms with Gasteiger partial charge in [0.25, 0.3) is 0 Å². The molecule has 1 aromatic rings. The summed E-state index contributed by atoms with van der Waals surface area (Å²) in [7, 11) is 0. The van der Waals surface area contributed by atoms with Gasteiger partial charge in [0.05, 0.1) is 6.07 Å². The van der Waals surface area contributed by atoms with Gasteiger partial charge >= 0.3 is 0 Å². The topological polar surface area (TPSA) is 23.8 Å². The molecule has 0 spiro atoms. The van der Waals surface area contributed by atoms with E-state index in [1.165, 1.54) is 37.7 Å². The van der Waals surface area contributed by atoms with Gasteiger partial charge in [0, 0.05) is 6.42 Å². The van der Waals surface area contributed by atoms with Crippen molar-refractivity contribution in [2.75, 3.05) is 0 Å². The highest BCUT2D eigenvalue weighted by Crippen LogP contribution is 2.64. The molecule has 0 amide bonds. The number of benzene rings is 1. The molecule has 3 unspecified atom stereocenters. The van der Waals surface area contributed by atoms with Crippen LogP contribution in [-0.4, -0.2) is 0 Å². The fourth-order valence-corrected chi connectivity index (χ4v) is 5.84. The van der Waals surface area contributed by atoms with Crippen molar-refractivity contribution < 1.29 is 4.39 Å². The minimum Gasteiger partial charge on any atom is -0.207 e.